The predicted molar refractivity (Wildman–Crippen MR) is 75.8 cm³/mol. The summed E-state index contributed by atoms with van der Waals surface area (Å²) in [5.41, 5.74) is 1.93. The van der Waals surface area contributed by atoms with E-state index in [1.807, 2.05) is 0 Å². The lowest BCUT2D eigenvalue weighted by Gasteiger charge is -2.05. The number of nitrogens with zero attached hydrogens (tertiary/aromatic N) is 3. The first-order valence-corrected chi connectivity index (χ1v) is 6.36. The van der Waals surface area contributed by atoms with Crippen LogP contribution in [0.1, 0.15) is 10.4 Å². The third kappa shape index (κ3) is 2.11. The van der Waals surface area contributed by atoms with E-state index < -0.39 is 5.97 Å². The summed E-state index contributed by atoms with van der Waals surface area (Å²) in [5, 5.41) is 17.9. The van der Waals surface area contributed by atoms with Crippen LogP contribution in [0.2, 0.25) is 10.0 Å². The maximum atomic E-state index is 10.9. The molecular formula is C13H7Cl2N3O2. The smallest absolute Gasteiger partial charge is 0.335 e. The summed E-state index contributed by atoms with van der Waals surface area (Å²) in [6.07, 6.45) is 0. The summed E-state index contributed by atoms with van der Waals surface area (Å²) in [4.78, 5) is 10.9. The van der Waals surface area contributed by atoms with E-state index in [4.69, 9.17) is 28.3 Å². The van der Waals surface area contributed by atoms with Crippen LogP contribution in [0, 0.1) is 0 Å². The van der Waals surface area contributed by atoms with Crippen molar-refractivity contribution in [2.75, 3.05) is 0 Å². The van der Waals surface area contributed by atoms with Crippen molar-refractivity contribution in [2.45, 2.75) is 0 Å². The SMILES string of the molecule is O=C(O)c1ccc2c(c1)nnn2-c1ccc(Cl)cc1Cl. The van der Waals surface area contributed by atoms with Gasteiger partial charge in [0, 0.05) is 5.02 Å². The number of halogens is 2. The molecular weight excluding hydrogens is 301 g/mol. The summed E-state index contributed by atoms with van der Waals surface area (Å²) in [6, 6.07) is 9.63. The second-order valence-corrected chi connectivity index (χ2v) is 4.95. The van der Waals surface area contributed by atoms with Crippen molar-refractivity contribution >= 4 is 40.2 Å². The minimum atomic E-state index is -1.01. The minimum absolute atomic E-state index is 0.159. The van der Waals surface area contributed by atoms with Crippen molar-refractivity contribution in [3.63, 3.8) is 0 Å². The Morgan fingerprint density at radius 2 is 1.95 bits per heavy atom. The normalized spacial score (nSPS) is 10.9. The van der Waals surface area contributed by atoms with Crippen molar-refractivity contribution in [1.29, 1.82) is 0 Å². The first kappa shape index (κ1) is 12.9. The summed E-state index contributed by atoms with van der Waals surface area (Å²) in [7, 11) is 0. The van der Waals surface area contributed by atoms with Gasteiger partial charge in [0.1, 0.15) is 5.52 Å². The fourth-order valence-electron chi connectivity index (χ4n) is 1.89. The average molecular weight is 308 g/mol. The Balaban J connectivity index is 2.20. The van der Waals surface area contributed by atoms with Crippen LogP contribution >= 0.6 is 23.2 Å². The van der Waals surface area contributed by atoms with Crippen LogP contribution < -0.4 is 0 Å². The van der Waals surface area contributed by atoms with Gasteiger partial charge in [-0.25, -0.2) is 9.48 Å². The zero-order valence-electron chi connectivity index (χ0n) is 9.92. The second kappa shape index (κ2) is 4.77. The molecule has 0 spiro atoms. The van der Waals surface area contributed by atoms with Crippen LogP contribution in [0.4, 0.5) is 0 Å². The molecule has 7 heteroatoms. The molecule has 0 amide bonds. The molecule has 0 unspecified atom stereocenters. The summed E-state index contributed by atoms with van der Waals surface area (Å²) in [5.74, 6) is -1.01. The Labute approximate surface area is 123 Å². The van der Waals surface area contributed by atoms with Gasteiger partial charge in [0.2, 0.25) is 0 Å². The van der Waals surface area contributed by atoms with E-state index in [0.717, 1.165) is 0 Å². The molecule has 0 saturated heterocycles. The van der Waals surface area contributed by atoms with E-state index in [1.54, 1.807) is 28.9 Å². The lowest BCUT2D eigenvalue weighted by atomic mass is 10.2. The van der Waals surface area contributed by atoms with Gasteiger partial charge < -0.3 is 5.11 Å². The Bertz CT molecular complexity index is 830. The van der Waals surface area contributed by atoms with Gasteiger partial charge >= 0.3 is 5.97 Å². The van der Waals surface area contributed by atoms with Gasteiger partial charge in [0.15, 0.2) is 0 Å². The van der Waals surface area contributed by atoms with Gasteiger partial charge in [-0.1, -0.05) is 28.4 Å². The van der Waals surface area contributed by atoms with Gasteiger partial charge in [-0.05, 0) is 36.4 Å². The molecule has 5 nitrogen and oxygen atoms in total. The maximum Gasteiger partial charge on any atom is 0.335 e. The molecule has 1 aromatic heterocycles. The van der Waals surface area contributed by atoms with Crippen molar-refractivity contribution in [1.82, 2.24) is 15.0 Å². The molecule has 0 radical (unpaired) electrons. The quantitative estimate of drug-likeness (QED) is 0.787. The fourth-order valence-corrected chi connectivity index (χ4v) is 2.38. The molecule has 0 bridgehead atoms. The number of hydrogen-bond donors (Lipinski definition) is 1. The standard InChI is InChI=1S/C13H7Cl2N3O2/c14-8-2-4-11(9(15)6-8)18-12-3-1-7(13(19)20)5-10(12)16-17-18/h1-6H,(H,19,20). The number of carboxylic acid groups (broad SMARTS) is 1. The second-order valence-electron chi connectivity index (χ2n) is 4.11. The Morgan fingerprint density at radius 1 is 1.15 bits per heavy atom. The van der Waals surface area contributed by atoms with E-state index in [9.17, 15) is 4.79 Å². The zero-order valence-corrected chi connectivity index (χ0v) is 11.4. The van der Waals surface area contributed by atoms with Crippen LogP contribution in [0.3, 0.4) is 0 Å². The van der Waals surface area contributed by atoms with Gasteiger partial charge in [-0.2, -0.15) is 0 Å². The van der Waals surface area contributed by atoms with Crippen LogP contribution in [0.25, 0.3) is 16.7 Å². The molecule has 0 saturated carbocycles. The van der Waals surface area contributed by atoms with E-state index >= 15 is 0 Å². The monoisotopic (exact) mass is 307 g/mol. The summed E-state index contributed by atoms with van der Waals surface area (Å²) >= 11 is 12.0. The number of hydrogen-bond acceptors (Lipinski definition) is 3. The van der Waals surface area contributed by atoms with Crippen molar-refractivity contribution in [2.24, 2.45) is 0 Å². The highest BCUT2D eigenvalue weighted by Crippen LogP contribution is 2.26. The topological polar surface area (TPSA) is 68.0 Å². The first-order valence-electron chi connectivity index (χ1n) is 5.60. The van der Waals surface area contributed by atoms with Gasteiger partial charge in [0.05, 0.1) is 21.8 Å². The van der Waals surface area contributed by atoms with Crippen LogP contribution in [-0.4, -0.2) is 26.1 Å². The van der Waals surface area contributed by atoms with Crippen LogP contribution in [0.5, 0.6) is 0 Å². The number of carbonyl (C=O) groups is 1. The molecule has 20 heavy (non-hydrogen) atoms. The molecule has 100 valence electrons. The number of carboxylic acids is 1. The summed E-state index contributed by atoms with van der Waals surface area (Å²) < 4.78 is 1.54. The van der Waals surface area contributed by atoms with Crippen molar-refractivity contribution in [3.8, 4) is 5.69 Å². The Hall–Kier alpha value is -2.11. The molecule has 1 heterocycles. The lowest BCUT2D eigenvalue weighted by Crippen LogP contribution is -1.98. The first-order chi connectivity index (χ1) is 9.56. The van der Waals surface area contributed by atoms with Gasteiger partial charge in [-0.15, -0.1) is 5.10 Å². The van der Waals surface area contributed by atoms with Crippen LogP contribution in [0.15, 0.2) is 36.4 Å². The maximum absolute atomic E-state index is 10.9. The molecule has 0 fully saturated rings. The number of rotatable bonds is 2. The molecule has 0 aliphatic rings. The molecule has 3 rings (SSSR count). The van der Waals surface area contributed by atoms with Gasteiger partial charge in [0.25, 0.3) is 0 Å². The molecule has 3 aromatic rings. The Morgan fingerprint density at radius 3 is 2.65 bits per heavy atom. The van der Waals surface area contributed by atoms with Crippen molar-refractivity contribution < 1.29 is 9.90 Å². The van der Waals surface area contributed by atoms with Gasteiger partial charge in [-0.3, -0.25) is 0 Å². The highest BCUT2D eigenvalue weighted by molar-refractivity contribution is 6.35. The highest BCUT2D eigenvalue weighted by Gasteiger charge is 2.12. The fraction of sp³-hybridized carbons (Fsp3) is 0. The van der Waals surface area contributed by atoms with E-state index in [1.165, 1.54) is 12.1 Å². The van der Waals surface area contributed by atoms with E-state index in [-0.39, 0.29) is 5.56 Å². The number of aromatic nitrogens is 3. The summed E-state index contributed by atoms with van der Waals surface area (Å²) in [6.45, 7) is 0. The highest BCUT2D eigenvalue weighted by atomic mass is 35.5. The number of benzene rings is 2. The predicted octanol–water partition coefficient (Wildman–Crippen LogP) is 3.43. The van der Waals surface area contributed by atoms with Crippen molar-refractivity contribution in [3.05, 3.63) is 52.0 Å². The van der Waals surface area contributed by atoms with E-state index in [0.29, 0.717) is 26.8 Å². The molecule has 2 aromatic carbocycles. The molecule has 0 aliphatic heterocycles. The minimum Gasteiger partial charge on any atom is -0.478 e. The number of fused-ring (bicyclic) bond motifs is 1. The average Bonchev–Trinajstić information content (AvgIpc) is 2.81. The lowest BCUT2D eigenvalue weighted by molar-refractivity contribution is 0.0697. The van der Waals surface area contributed by atoms with Crippen LogP contribution in [-0.2, 0) is 0 Å². The zero-order chi connectivity index (χ0) is 14.3. The molecule has 0 atom stereocenters. The Kier molecular flexibility index (Phi) is 3.08. The molecule has 1 N–H and O–H groups in total. The number of aromatic carboxylic acids is 1. The third-order valence-corrected chi connectivity index (χ3v) is 3.37. The third-order valence-electron chi connectivity index (χ3n) is 2.83. The largest absolute Gasteiger partial charge is 0.478 e. The van der Waals surface area contributed by atoms with E-state index in [2.05, 4.69) is 10.3 Å². The molecule has 0 aliphatic carbocycles.